The van der Waals surface area contributed by atoms with Crippen LogP contribution in [-0.2, 0) is 6.42 Å². The second kappa shape index (κ2) is 8.26. The maximum Gasteiger partial charge on any atom is 0.224 e. The second-order valence-electron chi connectivity index (χ2n) is 8.01. The van der Waals surface area contributed by atoms with Gasteiger partial charge in [0.2, 0.25) is 5.95 Å². The van der Waals surface area contributed by atoms with Gasteiger partial charge in [0.15, 0.2) is 0 Å². The standard InChI is InChI=1S/C25H26N6O/c1-15-13-28-25(26-9-8-17-14-27-23-7-5-20(32-3)12-21(17)23)31-24(15)30-19-4-6-22-18(11-19)10-16(2)29-22/h4-7,10-14,27,29H,8-9H2,1-3H3,(H2,26,28,30,31). The first-order valence-electron chi connectivity index (χ1n) is 10.7. The molecule has 0 aliphatic heterocycles. The molecule has 7 nitrogen and oxygen atoms in total. The monoisotopic (exact) mass is 426 g/mol. The van der Waals surface area contributed by atoms with Gasteiger partial charge in [-0.05, 0) is 68.3 Å². The molecule has 32 heavy (non-hydrogen) atoms. The number of aryl methyl sites for hydroxylation is 2. The molecule has 3 aromatic heterocycles. The number of aromatic amines is 2. The van der Waals surface area contributed by atoms with Crippen LogP contribution in [0.5, 0.6) is 5.75 Å². The van der Waals surface area contributed by atoms with Gasteiger partial charge in [-0.1, -0.05) is 0 Å². The third kappa shape index (κ3) is 3.97. The van der Waals surface area contributed by atoms with Crippen LogP contribution in [0.25, 0.3) is 21.8 Å². The summed E-state index contributed by atoms with van der Waals surface area (Å²) in [5.74, 6) is 2.26. The van der Waals surface area contributed by atoms with Crippen LogP contribution in [0.15, 0.2) is 54.9 Å². The first kappa shape index (κ1) is 19.9. The molecule has 0 saturated heterocycles. The largest absolute Gasteiger partial charge is 0.497 e. The van der Waals surface area contributed by atoms with Gasteiger partial charge in [0.1, 0.15) is 11.6 Å². The van der Waals surface area contributed by atoms with Crippen LogP contribution in [-0.4, -0.2) is 33.6 Å². The highest BCUT2D eigenvalue weighted by molar-refractivity contribution is 5.85. The van der Waals surface area contributed by atoms with Gasteiger partial charge in [-0.25, -0.2) is 4.98 Å². The summed E-state index contributed by atoms with van der Waals surface area (Å²) in [5.41, 5.74) is 6.60. The maximum atomic E-state index is 5.36. The highest BCUT2D eigenvalue weighted by Gasteiger charge is 2.08. The van der Waals surface area contributed by atoms with E-state index in [1.807, 2.05) is 31.5 Å². The van der Waals surface area contributed by atoms with E-state index in [4.69, 9.17) is 9.72 Å². The predicted molar refractivity (Wildman–Crippen MR) is 130 cm³/mol. The van der Waals surface area contributed by atoms with Crippen LogP contribution in [0.1, 0.15) is 16.8 Å². The summed E-state index contributed by atoms with van der Waals surface area (Å²) in [6.07, 6.45) is 4.73. The third-order valence-electron chi connectivity index (χ3n) is 5.64. The average molecular weight is 427 g/mol. The minimum absolute atomic E-state index is 0.606. The van der Waals surface area contributed by atoms with Crippen molar-refractivity contribution in [3.05, 3.63) is 71.7 Å². The molecule has 0 spiro atoms. The topological polar surface area (TPSA) is 90.6 Å². The van der Waals surface area contributed by atoms with E-state index in [0.29, 0.717) is 5.95 Å². The highest BCUT2D eigenvalue weighted by atomic mass is 16.5. The summed E-state index contributed by atoms with van der Waals surface area (Å²) in [5, 5.41) is 9.13. The molecule has 3 heterocycles. The van der Waals surface area contributed by atoms with Gasteiger partial charge < -0.3 is 25.3 Å². The van der Waals surface area contributed by atoms with E-state index in [1.54, 1.807) is 7.11 Å². The lowest BCUT2D eigenvalue weighted by atomic mass is 10.1. The van der Waals surface area contributed by atoms with Crippen molar-refractivity contribution in [2.45, 2.75) is 20.3 Å². The number of H-pyrrole nitrogens is 2. The fraction of sp³-hybridized carbons (Fsp3) is 0.200. The van der Waals surface area contributed by atoms with E-state index in [2.05, 4.69) is 62.8 Å². The van der Waals surface area contributed by atoms with Crippen molar-refractivity contribution in [2.75, 3.05) is 24.3 Å². The Balaban J connectivity index is 1.28. The lowest BCUT2D eigenvalue weighted by Crippen LogP contribution is -2.09. The fourth-order valence-electron chi connectivity index (χ4n) is 3.95. The van der Waals surface area contributed by atoms with Gasteiger partial charge >= 0.3 is 0 Å². The van der Waals surface area contributed by atoms with Crippen LogP contribution in [0.4, 0.5) is 17.5 Å². The molecule has 0 radical (unpaired) electrons. The number of anilines is 3. The van der Waals surface area contributed by atoms with Crippen LogP contribution in [0.2, 0.25) is 0 Å². The molecule has 5 aromatic rings. The van der Waals surface area contributed by atoms with Crippen LogP contribution < -0.4 is 15.4 Å². The van der Waals surface area contributed by atoms with Crippen molar-refractivity contribution in [1.29, 1.82) is 0 Å². The Morgan fingerprint density at radius 1 is 1.03 bits per heavy atom. The van der Waals surface area contributed by atoms with Crippen molar-refractivity contribution >= 4 is 39.3 Å². The first-order chi connectivity index (χ1) is 15.6. The fourth-order valence-corrected chi connectivity index (χ4v) is 3.95. The highest BCUT2D eigenvalue weighted by Crippen LogP contribution is 2.25. The number of methoxy groups -OCH3 is 1. The number of hydrogen-bond donors (Lipinski definition) is 4. The van der Waals surface area contributed by atoms with E-state index >= 15 is 0 Å². The molecule has 2 aromatic carbocycles. The van der Waals surface area contributed by atoms with E-state index < -0.39 is 0 Å². The van der Waals surface area contributed by atoms with Gasteiger partial charge in [-0.2, -0.15) is 4.98 Å². The Labute approximate surface area is 186 Å². The Morgan fingerprint density at radius 2 is 1.91 bits per heavy atom. The van der Waals surface area contributed by atoms with Gasteiger partial charge in [0.25, 0.3) is 0 Å². The minimum Gasteiger partial charge on any atom is -0.497 e. The summed E-state index contributed by atoms with van der Waals surface area (Å²) in [6.45, 7) is 4.79. The summed E-state index contributed by atoms with van der Waals surface area (Å²) in [7, 11) is 1.69. The Morgan fingerprint density at radius 3 is 2.78 bits per heavy atom. The van der Waals surface area contributed by atoms with Crippen LogP contribution in [0.3, 0.4) is 0 Å². The van der Waals surface area contributed by atoms with E-state index in [1.165, 1.54) is 16.3 Å². The third-order valence-corrected chi connectivity index (χ3v) is 5.64. The molecule has 5 rings (SSSR count). The molecule has 4 N–H and O–H groups in total. The normalized spacial score (nSPS) is 11.2. The SMILES string of the molecule is COc1ccc2[nH]cc(CCNc3ncc(C)c(Nc4ccc5[nH]c(C)cc5c4)n3)c2c1. The Kier molecular flexibility index (Phi) is 5.15. The van der Waals surface area contributed by atoms with E-state index in [0.717, 1.165) is 52.5 Å². The van der Waals surface area contributed by atoms with Crippen molar-refractivity contribution < 1.29 is 4.74 Å². The van der Waals surface area contributed by atoms with Crippen LogP contribution in [0, 0.1) is 13.8 Å². The summed E-state index contributed by atoms with van der Waals surface area (Å²) < 4.78 is 5.36. The van der Waals surface area contributed by atoms with Crippen molar-refractivity contribution in [3.8, 4) is 5.75 Å². The molecule has 0 aliphatic rings. The molecule has 0 atom stereocenters. The van der Waals surface area contributed by atoms with Gasteiger partial charge in [-0.15, -0.1) is 0 Å². The molecular weight excluding hydrogens is 400 g/mol. The van der Waals surface area contributed by atoms with Crippen molar-refractivity contribution in [3.63, 3.8) is 0 Å². The number of ether oxygens (including phenoxy) is 1. The van der Waals surface area contributed by atoms with Gasteiger partial charge in [0, 0.05) is 57.7 Å². The van der Waals surface area contributed by atoms with Crippen molar-refractivity contribution in [1.82, 2.24) is 19.9 Å². The minimum atomic E-state index is 0.606. The lowest BCUT2D eigenvalue weighted by Gasteiger charge is -2.11. The molecule has 0 aliphatic carbocycles. The molecule has 0 saturated carbocycles. The Hall–Kier alpha value is -4.00. The molecule has 0 fully saturated rings. The molecule has 162 valence electrons. The molecule has 0 unspecified atom stereocenters. The summed E-state index contributed by atoms with van der Waals surface area (Å²) in [6, 6.07) is 14.5. The average Bonchev–Trinajstić information content (AvgIpc) is 3.37. The van der Waals surface area contributed by atoms with Gasteiger partial charge in [0.05, 0.1) is 7.11 Å². The number of nitrogens with zero attached hydrogens (tertiary/aromatic N) is 2. The zero-order chi connectivity index (χ0) is 22.1. The number of nitrogens with one attached hydrogen (secondary N) is 4. The number of aromatic nitrogens is 4. The quantitative estimate of drug-likeness (QED) is 0.277. The van der Waals surface area contributed by atoms with Crippen LogP contribution >= 0.6 is 0 Å². The molecular formula is C25H26N6O. The number of benzene rings is 2. The summed E-state index contributed by atoms with van der Waals surface area (Å²) >= 11 is 0. The molecule has 0 bridgehead atoms. The van der Waals surface area contributed by atoms with Crippen molar-refractivity contribution in [2.24, 2.45) is 0 Å². The zero-order valence-electron chi connectivity index (χ0n) is 18.4. The zero-order valence-corrected chi connectivity index (χ0v) is 18.4. The predicted octanol–water partition coefficient (Wildman–Crippen LogP) is 5.46. The molecule has 0 amide bonds. The second-order valence-corrected chi connectivity index (χ2v) is 8.01. The van der Waals surface area contributed by atoms with E-state index in [9.17, 15) is 0 Å². The lowest BCUT2D eigenvalue weighted by molar-refractivity contribution is 0.415. The summed E-state index contributed by atoms with van der Waals surface area (Å²) in [4.78, 5) is 15.8. The maximum absolute atomic E-state index is 5.36. The Bertz CT molecular complexity index is 1400. The molecule has 7 heteroatoms. The van der Waals surface area contributed by atoms with E-state index in [-0.39, 0.29) is 0 Å². The van der Waals surface area contributed by atoms with Gasteiger partial charge in [-0.3, -0.25) is 0 Å². The number of fused-ring (bicyclic) bond motifs is 2. The first-order valence-corrected chi connectivity index (χ1v) is 10.7. The smallest absolute Gasteiger partial charge is 0.224 e. The number of rotatable bonds is 7. The number of hydrogen-bond acceptors (Lipinski definition) is 5.